The number of amides is 1. The van der Waals surface area contributed by atoms with Gasteiger partial charge in [0, 0.05) is 11.8 Å². The molecule has 1 amide bonds. The molecule has 172 valence electrons. The lowest BCUT2D eigenvalue weighted by atomic mass is 10.1. The van der Waals surface area contributed by atoms with Crippen molar-refractivity contribution in [3.63, 3.8) is 0 Å². The highest BCUT2D eigenvalue weighted by atomic mass is 32.2. The molecule has 4 rings (SSSR count). The van der Waals surface area contributed by atoms with Crippen molar-refractivity contribution in [2.45, 2.75) is 17.0 Å². The summed E-state index contributed by atoms with van der Waals surface area (Å²) in [5.74, 6) is -0.612. The van der Waals surface area contributed by atoms with Crippen LogP contribution in [0.4, 0.5) is 11.4 Å². The van der Waals surface area contributed by atoms with Crippen LogP contribution in [-0.4, -0.2) is 31.0 Å². The number of nitriles is 1. The van der Waals surface area contributed by atoms with Gasteiger partial charge in [0.05, 0.1) is 15.5 Å². The summed E-state index contributed by atoms with van der Waals surface area (Å²) in [6.07, 6.45) is 1.30. The normalized spacial score (nSPS) is 11.0. The van der Waals surface area contributed by atoms with Gasteiger partial charge in [-0.2, -0.15) is 9.94 Å². The monoisotopic (exact) mass is 483 g/mol. The Balaban J connectivity index is 1.60. The number of aryl methyl sites for hydroxylation is 1. The number of carbonyl (C=O) groups excluding carboxylic acids is 1. The van der Waals surface area contributed by atoms with Crippen LogP contribution in [0.1, 0.15) is 11.1 Å². The van der Waals surface area contributed by atoms with Gasteiger partial charge >= 0.3 is 0 Å². The van der Waals surface area contributed by atoms with Gasteiger partial charge in [-0.25, -0.2) is 0 Å². The van der Waals surface area contributed by atoms with Gasteiger partial charge in [-0.15, -0.1) is 5.10 Å². The predicted molar refractivity (Wildman–Crippen MR) is 130 cm³/mol. The first-order valence-electron chi connectivity index (χ1n) is 10.2. The summed E-state index contributed by atoms with van der Waals surface area (Å²) in [5.41, 5.74) is 2.22. The topological polar surface area (TPSA) is 140 Å². The van der Waals surface area contributed by atoms with E-state index in [0.717, 1.165) is 17.3 Å². The van der Waals surface area contributed by atoms with Gasteiger partial charge in [-0.3, -0.25) is 14.9 Å². The number of aromatic nitrogens is 4. The molecule has 0 aliphatic carbocycles. The first kappa shape index (κ1) is 23.3. The minimum atomic E-state index is -0.612. The number of benzene rings is 3. The lowest BCUT2D eigenvalue weighted by Crippen LogP contribution is -2.13. The fourth-order valence-electron chi connectivity index (χ4n) is 3.08. The van der Waals surface area contributed by atoms with Gasteiger partial charge in [0.2, 0.25) is 5.16 Å². The van der Waals surface area contributed by atoms with Crippen LogP contribution in [0.2, 0.25) is 0 Å². The molecule has 0 atom stereocenters. The molecule has 0 spiro atoms. The molecule has 10 nitrogen and oxygen atoms in total. The average Bonchev–Trinajstić information content (AvgIpc) is 3.33. The molecule has 0 saturated carbocycles. The minimum Gasteiger partial charge on any atom is -0.321 e. The predicted octanol–water partition coefficient (Wildman–Crippen LogP) is 4.58. The molecular weight excluding hydrogens is 466 g/mol. The average molecular weight is 484 g/mol. The van der Waals surface area contributed by atoms with E-state index >= 15 is 0 Å². The van der Waals surface area contributed by atoms with Crippen LogP contribution in [0.25, 0.3) is 11.8 Å². The number of anilines is 1. The zero-order valence-electron chi connectivity index (χ0n) is 18.3. The number of carbonyl (C=O) groups is 1. The Kier molecular flexibility index (Phi) is 6.94. The SMILES string of the molecule is Cc1ccc(NC(=O)/C(C#N)=C/c2ccc(Sc3nnnn3-c3ccccc3)c([N+](=O)[O-])c2)cc1. The van der Waals surface area contributed by atoms with E-state index in [9.17, 15) is 20.2 Å². The molecule has 0 aliphatic heterocycles. The number of rotatable bonds is 7. The molecule has 0 radical (unpaired) electrons. The summed E-state index contributed by atoms with van der Waals surface area (Å²) in [6.45, 7) is 1.92. The Morgan fingerprint density at radius 3 is 2.57 bits per heavy atom. The summed E-state index contributed by atoms with van der Waals surface area (Å²) in [7, 11) is 0. The van der Waals surface area contributed by atoms with E-state index < -0.39 is 10.8 Å². The van der Waals surface area contributed by atoms with Gasteiger partial charge < -0.3 is 5.32 Å². The molecular formula is C24H17N7O3S. The molecule has 35 heavy (non-hydrogen) atoms. The number of hydrogen-bond donors (Lipinski definition) is 1. The Bertz CT molecular complexity index is 1460. The molecule has 4 aromatic rings. The highest BCUT2D eigenvalue weighted by Crippen LogP contribution is 2.35. The van der Waals surface area contributed by atoms with Crippen LogP contribution >= 0.6 is 11.8 Å². The Labute approximate surface area is 204 Å². The summed E-state index contributed by atoms with van der Waals surface area (Å²) in [4.78, 5) is 24.1. The number of nitrogens with zero attached hydrogens (tertiary/aromatic N) is 6. The van der Waals surface area contributed by atoms with Crippen LogP contribution in [0, 0.1) is 28.4 Å². The van der Waals surface area contributed by atoms with Crippen molar-refractivity contribution in [3.8, 4) is 11.8 Å². The number of nitro benzene ring substituents is 1. The van der Waals surface area contributed by atoms with E-state index in [0.29, 0.717) is 27.0 Å². The maximum atomic E-state index is 12.5. The van der Waals surface area contributed by atoms with Crippen molar-refractivity contribution in [2.24, 2.45) is 0 Å². The van der Waals surface area contributed by atoms with Crippen LogP contribution in [-0.2, 0) is 4.79 Å². The van der Waals surface area contributed by atoms with Crippen molar-refractivity contribution in [3.05, 3.63) is 99.6 Å². The molecule has 0 bridgehead atoms. The molecule has 0 aliphatic rings. The number of hydrogen-bond acceptors (Lipinski definition) is 8. The highest BCUT2D eigenvalue weighted by Gasteiger charge is 2.20. The largest absolute Gasteiger partial charge is 0.321 e. The number of para-hydroxylation sites is 1. The van der Waals surface area contributed by atoms with E-state index in [1.807, 2.05) is 55.5 Å². The van der Waals surface area contributed by atoms with E-state index in [4.69, 9.17) is 0 Å². The summed E-state index contributed by atoms with van der Waals surface area (Å²) in [6, 6.07) is 22.5. The van der Waals surface area contributed by atoms with Crippen LogP contribution in [0.5, 0.6) is 0 Å². The molecule has 3 aromatic carbocycles. The standard InChI is InChI=1S/C24H17N7O3S/c1-16-7-10-19(11-8-16)26-23(32)18(15-25)13-17-9-12-22(21(14-17)31(33)34)35-24-27-28-29-30(24)20-5-3-2-4-6-20/h2-14H,1H3,(H,26,32)/b18-13+. The van der Waals surface area contributed by atoms with E-state index in [1.54, 1.807) is 18.2 Å². The molecule has 0 saturated heterocycles. The molecule has 0 fully saturated rings. The molecule has 1 N–H and O–H groups in total. The molecule has 1 aromatic heterocycles. The van der Waals surface area contributed by atoms with Crippen molar-refractivity contribution in [1.82, 2.24) is 20.2 Å². The molecule has 11 heteroatoms. The Hall–Kier alpha value is -4.82. The summed E-state index contributed by atoms with van der Waals surface area (Å²) >= 11 is 1.03. The van der Waals surface area contributed by atoms with Crippen molar-refractivity contribution < 1.29 is 9.72 Å². The quantitative estimate of drug-likeness (QED) is 0.174. The van der Waals surface area contributed by atoms with Gasteiger partial charge in [0.1, 0.15) is 11.6 Å². The maximum absolute atomic E-state index is 12.5. The van der Waals surface area contributed by atoms with E-state index in [-0.39, 0.29) is 11.3 Å². The lowest BCUT2D eigenvalue weighted by Gasteiger charge is -2.06. The van der Waals surface area contributed by atoms with Crippen LogP contribution in [0.3, 0.4) is 0 Å². The van der Waals surface area contributed by atoms with Gasteiger partial charge in [-0.1, -0.05) is 42.0 Å². The minimum absolute atomic E-state index is 0.187. The fraction of sp³-hybridized carbons (Fsp3) is 0.0417. The zero-order chi connectivity index (χ0) is 24.8. The lowest BCUT2D eigenvalue weighted by molar-refractivity contribution is -0.387. The van der Waals surface area contributed by atoms with E-state index in [1.165, 1.54) is 22.9 Å². The van der Waals surface area contributed by atoms with Gasteiger partial charge in [-0.05, 0) is 71.1 Å². The smallest absolute Gasteiger partial charge is 0.283 e. The van der Waals surface area contributed by atoms with Crippen molar-refractivity contribution in [2.75, 3.05) is 5.32 Å². The zero-order valence-corrected chi connectivity index (χ0v) is 19.1. The van der Waals surface area contributed by atoms with E-state index in [2.05, 4.69) is 20.8 Å². The first-order valence-corrected chi connectivity index (χ1v) is 11.1. The first-order chi connectivity index (χ1) is 16.9. The Morgan fingerprint density at radius 1 is 1.14 bits per heavy atom. The second-order valence-corrected chi connectivity index (χ2v) is 8.29. The highest BCUT2D eigenvalue weighted by molar-refractivity contribution is 7.99. The summed E-state index contributed by atoms with van der Waals surface area (Å²) in [5, 5.41) is 35.9. The van der Waals surface area contributed by atoms with Gasteiger partial charge in [0.25, 0.3) is 11.6 Å². The second kappa shape index (κ2) is 10.4. The van der Waals surface area contributed by atoms with Crippen molar-refractivity contribution >= 4 is 35.1 Å². The Morgan fingerprint density at radius 2 is 1.89 bits per heavy atom. The second-order valence-electron chi connectivity index (χ2n) is 7.29. The van der Waals surface area contributed by atoms with Crippen molar-refractivity contribution in [1.29, 1.82) is 5.26 Å². The summed E-state index contributed by atoms with van der Waals surface area (Å²) < 4.78 is 1.48. The number of tetrazole rings is 1. The number of nitrogens with one attached hydrogen (secondary N) is 1. The molecule has 0 unspecified atom stereocenters. The fourth-order valence-corrected chi connectivity index (χ4v) is 3.95. The third-order valence-electron chi connectivity index (χ3n) is 4.81. The van der Waals surface area contributed by atoms with Gasteiger partial charge in [0.15, 0.2) is 0 Å². The molecule has 1 heterocycles. The van der Waals surface area contributed by atoms with Crippen LogP contribution in [0.15, 0.2) is 88.4 Å². The third-order valence-corrected chi connectivity index (χ3v) is 5.81. The third kappa shape index (κ3) is 5.58. The maximum Gasteiger partial charge on any atom is 0.283 e. The van der Waals surface area contributed by atoms with Crippen LogP contribution < -0.4 is 5.32 Å². The number of nitro groups is 1.